The SMILES string of the molecule is c1ccc(-c2nc(-c3ccccc3)nc(-c3ccccc3-n3c4ccccc4c4ccncc43)n2)cc1. The molecule has 0 radical (unpaired) electrons. The molecule has 0 spiro atoms. The number of para-hydroxylation sites is 2. The summed E-state index contributed by atoms with van der Waals surface area (Å²) in [7, 11) is 0. The fourth-order valence-corrected chi connectivity index (χ4v) is 4.86. The van der Waals surface area contributed by atoms with Gasteiger partial charge in [-0.1, -0.05) is 91.0 Å². The second-order valence-electron chi connectivity index (χ2n) is 8.80. The fourth-order valence-electron chi connectivity index (χ4n) is 4.86. The van der Waals surface area contributed by atoms with Crippen LogP contribution >= 0.6 is 0 Å². The molecule has 37 heavy (non-hydrogen) atoms. The van der Waals surface area contributed by atoms with Crippen LogP contribution in [0.15, 0.2) is 128 Å². The maximum Gasteiger partial charge on any atom is 0.166 e. The predicted molar refractivity (Wildman–Crippen MR) is 148 cm³/mol. The molecular weight excluding hydrogens is 454 g/mol. The molecule has 0 fully saturated rings. The molecule has 0 bridgehead atoms. The van der Waals surface area contributed by atoms with Crippen molar-refractivity contribution in [3.05, 3.63) is 128 Å². The Labute approximate surface area is 213 Å². The number of fused-ring (bicyclic) bond motifs is 3. The summed E-state index contributed by atoms with van der Waals surface area (Å²) in [5, 5.41) is 2.34. The highest BCUT2D eigenvalue weighted by Crippen LogP contribution is 2.35. The van der Waals surface area contributed by atoms with Crippen molar-refractivity contribution >= 4 is 21.8 Å². The van der Waals surface area contributed by atoms with Crippen molar-refractivity contribution in [3.63, 3.8) is 0 Å². The van der Waals surface area contributed by atoms with Crippen molar-refractivity contribution in [2.45, 2.75) is 0 Å². The lowest BCUT2D eigenvalue weighted by molar-refractivity contribution is 1.06. The van der Waals surface area contributed by atoms with Crippen LogP contribution in [0, 0.1) is 0 Å². The zero-order valence-electron chi connectivity index (χ0n) is 19.9. The number of pyridine rings is 1. The highest BCUT2D eigenvalue weighted by molar-refractivity contribution is 6.09. The Hall–Kier alpha value is -5.16. The van der Waals surface area contributed by atoms with E-state index < -0.39 is 0 Å². The zero-order chi connectivity index (χ0) is 24.6. The van der Waals surface area contributed by atoms with Gasteiger partial charge in [-0.2, -0.15) is 0 Å². The molecule has 0 unspecified atom stereocenters. The van der Waals surface area contributed by atoms with E-state index in [1.54, 1.807) is 0 Å². The minimum atomic E-state index is 0.623. The Morgan fingerprint density at radius 1 is 0.459 bits per heavy atom. The Morgan fingerprint density at radius 2 is 1.03 bits per heavy atom. The maximum absolute atomic E-state index is 4.98. The van der Waals surface area contributed by atoms with E-state index in [1.807, 2.05) is 85.2 Å². The number of hydrogen-bond acceptors (Lipinski definition) is 4. The molecule has 0 aliphatic carbocycles. The van der Waals surface area contributed by atoms with Crippen molar-refractivity contribution in [2.75, 3.05) is 0 Å². The molecule has 3 heterocycles. The van der Waals surface area contributed by atoms with Gasteiger partial charge in [-0.3, -0.25) is 4.98 Å². The molecule has 0 saturated carbocycles. The minimum Gasteiger partial charge on any atom is -0.307 e. The lowest BCUT2D eigenvalue weighted by Crippen LogP contribution is -2.03. The Bertz CT molecular complexity index is 1760. The van der Waals surface area contributed by atoms with Crippen LogP contribution in [0.5, 0.6) is 0 Å². The van der Waals surface area contributed by atoms with E-state index in [2.05, 4.69) is 52.0 Å². The summed E-state index contributed by atoms with van der Waals surface area (Å²) in [6.07, 6.45) is 3.76. The third-order valence-electron chi connectivity index (χ3n) is 6.56. The van der Waals surface area contributed by atoms with Crippen LogP contribution in [0.1, 0.15) is 0 Å². The van der Waals surface area contributed by atoms with Gasteiger partial charge in [0.15, 0.2) is 17.5 Å². The van der Waals surface area contributed by atoms with Crippen LogP contribution in [0.2, 0.25) is 0 Å². The molecule has 0 saturated heterocycles. The van der Waals surface area contributed by atoms with E-state index in [9.17, 15) is 0 Å². The third kappa shape index (κ3) is 3.65. The topological polar surface area (TPSA) is 56.5 Å². The van der Waals surface area contributed by atoms with Crippen molar-refractivity contribution in [3.8, 4) is 39.9 Å². The highest BCUT2D eigenvalue weighted by atomic mass is 15.1. The second-order valence-corrected chi connectivity index (χ2v) is 8.80. The molecule has 0 atom stereocenters. The number of hydrogen-bond donors (Lipinski definition) is 0. The largest absolute Gasteiger partial charge is 0.307 e. The third-order valence-corrected chi connectivity index (χ3v) is 6.56. The quantitative estimate of drug-likeness (QED) is 0.267. The van der Waals surface area contributed by atoms with Crippen molar-refractivity contribution in [1.82, 2.24) is 24.5 Å². The van der Waals surface area contributed by atoms with Crippen LogP contribution < -0.4 is 0 Å². The van der Waals surface area contributed by atoms with Crippen LogP contribution in [0.4, 0.5) is 0 Å². The number of nitrogens with zero attached hydrogens (tertiary/aromatic N) is 5. The summed E-state index contributed by atoms with van der Waals surface area (Å²) in [5.74, 6) is 1.91. The number of benzene rings is 4. The summed E-state index contributed by atoms with van der Waals surface area (Å²) in [6, 6.07) is 38.9. The van der Waals surface area contributed by atoms with E-state index in [-0.39, 0.29) is 0 Å². The molecule has 3 aromatic heterocycles. The molecule has 7 rings (SSSR count). The summed E-state index contributed by atoms with van der Waals surface area (Å²) < 4.78 is 2.25. The molecular formula is C32H21N5. The smallest absolute Gasteiger partial charge is 0.166 e. The molecule has 0 amide bonds. The molecule has 0 aliphatic rings. The summed E-state index contributed by atoms with van der Waals surface area (Å²) in [5.41, 5.74) is 5.95. The lowest BCUT2D eigenvalue weighted by Gasteiger charge is -2.14. The molecule has 0 N–H and O–H groups in total. The minimum absolute atomic E-state index is 0.623. The Kier molecular flexibility index (Phi) is 5.03. The Balaban J connectivity index is 1.52. The van der Waals surface area contributed by atoms with Gasteiger partial charge >= 0.3 is 0 Å². The van der Waals surface area contributed by atoms with Crippen molar-refractivity contribution in [1.29, 1.82) is 0 Å². The molecule has 5 nitrogen and oxygen atoms in total. The summed E-state index contributed by atoms with van der Waals surface area (Å²) >= 11 is 0. The first-order valence-electron chi connectivity index (χ1n) is 12.2. The first kappa shape index (κ1) is 21.1. The van der Waals surface area contributed by atoms with E-state index >= 15 is 0 Å². The molecule has 174 valence electrons. The normalized spacial score (nSPS) is 11.2. The highest BCUT2D eigenvalue weighted by Gasteiger charge is 2.18. The van der Waals surface area contributed by atoms with Gasteiger partial charge in [0.2, 0.25) is 0 Å². The molecule has 4 aromatic carbocycles. The van der Waals surface area contributed by atoms with E-state index in [1.165, 1.54) is 5.39 Å². The monoisotopic (exact) mass is 475 g/mol. The van der Waals surface area contributed by atoms with Crippen LogP contribution in [0.25, 0.3) is 61.7 Å². The number of rotatable bonds is 4. The lowest BCUT2D eigenvalue weighted by atomic mass is 10.1. The van der Waals surface area contributed by atoms with E-state index in [0.29, 0.717) is 17.5 Å². The van der Waals surface area contributed by atoms with Gasteiger partial charge < -0.3 is 4.57 Å². The van der Waals surface area contributed by atoms with Gasteiger partial charge in [-0.25, -0.2) is 15.0 Å². The van der Waals surface area contributed by atoms with Crippen LogP contribution in [-0.4, -0.2) is 24.5 Å². The van der Waals surface area contributed by atoms with Gasteiger partial charge in [0, 0.05) is 33.7 Å². The van der Waals surface area contributed by atoms with E-state index in [4.69, 9.17) is 15.0 Å². The second kappa shape index (κ2) is 8.81. The zero-order valence-corrected chi connectivity index (χ0v) is 19.9. The van der Waals surface area contributed by atoms with E-state index in [0.717, 1.165) is 38.8 Å². The van der Waals surface area contributed by atoms with Crippen LogP contribution in [0.3, 0.4) is 0 Å². The summed E-state index contributed by atoms with van der Waals surface area (Å²) in [6.45, 7) is 0. The Morgan fingerprint density at radius 3 is 1.76 bits per heavy atom. The van der Waals surface area contributed by atoms with Gasteiger partial charge in [0.05, 0.1) is 22.9 Å². The average Bonchev–Trinajstić information content (AvgIpc) is 3.32. The van der Waals surface area contributed by atoms with Gasteiger partial charge in [-0.15, -0.1) is 0 Å². The van der Waals surface area contributed by atoms with Crippen LogP contribution in [-0.2, 0) is 0 Å². The molecule has 7 aromatic rings. The molecule has 0 aliphatic heterocycles. The number of aromatic nitrogens is 5. The molecule has 5 heteroatoms. The van der Waals surface area contributed by atoms with Crippen molar-refractivity contribution < 1.29 is 0 Å². The van der Waals surface area contributed by atoms with Gasteiger partial charge in [-0.05, 0) is 24.3 Å². The average molecular weight is 476 g/mol. The van der Waals surface area contributed by atoms with Gasteiger partial charge in [0.25, 0.3) is 0 Å². The first-order chi connectivity index (χ1) is 18.4. The standard InChI is InChI=1S/C32H21N5/c1-3-11-22(12-4-1)30-34-31(23-13-5-2-6-14-23)36-32(35-30)26-16-8-10-18-28(26)37-27-17-9-7-15-24(27)25-19-20-33-21-29(25)37/h1-21H. The first-order valence-corrected chi connectivity index (χ1v) is 12.2. The maximum atomic E-state index is 4.98. The fraction of sp³-hybridized carbons (Fsp3) is 0. The van der Waals surface area contributed by atoms with Crippen molar-refractivity contribution in [2.24, 2.45) is 0 Å². The summed E-state index contributed by atoms with van der Waals surface area (Å²) in [4.78, 5) is 19.3. The predicted octanol–water partition coefficient (Wildman–Crippen LogP) is 7.36. The van der Waals surface area contributed by atoms with Gasteiger partial charge in [0.1, 0.15) is 0 Å².